The van der Waals surface area contributed by atoms with E-state index < -0.39 is 10.0 Å². The quantitative estimate of drug-likeness (QED) is 0.819. The Kier molecular flexibility index (Phi) is 5.59. The number of likely N-dealkylation sites (tertiary alicyclic amines) is 1. The molecule has 1 aromatic heterocycles. The Balaban J connectivity index is 1.87. The van der Waals surface area contributed by atoms with Crippen molar-refractivity contribution < 1.29 is 8.42 Å². The Morgan fingerprint density at radius 1 is 1.57 bits per heavy atom. The van der Waals surface area contributed by atoms with Crippen LogP contribution in [0.25, 0.3) is 0 Å². The van der Waals surface area contributed by atoms with Crippen LogP contribution in [0.15, 0.2) is 6.20 Å². The first-order valence-corrected chi connectivity index (χ1v) is 9.79. The van der Waals surface area contributed by atoms with Crippen molar-refractivity contribution in [2.24, 2.45) is 5.92 Å². The number of nitrogens with one attached hydrogen (secondary N) is 1. The molecule has 0 saturated carbocycles. The third-order valence-electron chi connectivity index (χ3n) is 3.74. The highest BCUT2D eigenvalue weighted by Gasteiger charge is 2.29. The van der Waals surface area contributed by atoms with Crippen LogP contribution >= 0.6 is 11.3 Å². The van der Waals surface area contributed by atoms with Crippen LogP contribution in [0.2, 0.25) is 0 Å². The molecule has 0 aliphatic carbocycles. The van der Waals surface area contributed by atoms with Gasteiger partial charge in [0, 0.05) is 36.8 Å². The van der Waals surface area contributed by atoms with E-state index in [1.807, 2.05) is 13.1 Å². The van der Waals surface area contributed by atoms with Crippen LogP contribution < -0.4 is 10.5 Å². The maximum absolute atomic E-state index is 11.9. The van der Waals surface area contributed by atoms with Gasteiger partial charge in [-0.25, -0.2) is 18.1 Å². The lowest BCUT2D eigenvalue weighted by Gasteiger charge is -2.36. The molecule has 6 nitrogen and oxygen atoms in total. The van der Waals surface area contributed by atoms with E-state index in [0.717, 1.165) is 30.9 Å². The first-order valence-electron chi connectivity index (χ1n) is 7.32. The highest BCUT2D eigenvalue weighted by molar-refractivity contribution is 7.89. The SMILES string of the molecule is CCCS(=O)(=O)NC1CCN(Cc2cnc(N)s2)CC1C. The summed E-state index contributed by atoms with van der Waals surface area (Å²) in [7, 11) is -3.13. The molecular formula is C13H24N4O2S2. The molecule has 1 fully saturated rings. The summed E-state index contributed by atoms with van der Waals surface area (Å²) >= 11 is 1.51. The van der Waals surface area contributed by atoms with Crippen molar-refractivity contribution in [3.05, 3.63) is 11.1 Å². The number of thiazole rings is 1. The van der Waals surface area contributed by atoms with E-state index >= 15 is 0 Å². The zero-order valence-electron chi connectivity index (χ0n) is 12.6. The molecule has 1 aliphatic rings. The smallest absolute Gasteiger partial charge is 0.211 e. The van der Waals surface area contributed by atoms with E-state index in [0.29, 0.717) is 17.5 Å². The molecule has 21 heavy (non-hydrogen) atoms. The predicted molar refractivity (Wildman–Crippen MR) is 86.6 cm³/mol. The minimum atomic E-state index is -3.13. The van der Waals surface area contributed by atoms with Crippen molar-refractivity contribution >= 4 is 26.5 Å². The molecule has 0 aromatic carbocycles. The summed E-state index contributed by atoms with van der Waals surface area (Å²) in [5.41, 5.74) is 5.64. The van der Waals surface area contributed by atoms with Gasteiger partial charge in [0.1, 0.15) is 0 Å². The Bertz CT molecular complexity index is 558. The summed E-state index contributed by atoms with van der Waals surface area (Å²) in [6.07, 6.45) is 3.31. The fourth-order valence-electron chi connectivity index (χ4n) is 2.73. The van der Waals surface area contributed by atoms with E-state index in [-0.39, 0.29) is 11.8 Å². The topological polar surface area (TPSA) is 88.3 Å². The van der Waals surface area contributed by atoms with Crippen molar-refractivity contribution in [3.63, 3.8) is 0 Å². The second-order valence-electron chi connectivity index (χ2n) is 5.71. The van der Waals surface area contributed by atoms with Crippen LogP contribution in [-0.2, 0) is 16.6 Å². The summed E-state index contributed by atoms with van der Waals surface area (Å²) < 4.78 is 26.6. The number of hydrogen-bond donors (Lipinski definition) is 2. The highest BCUT2D eigenvalue weighted by atomic mass is 32.2. The zero-order valence-corrected chi connectivity index (χ0v) is 14.2. The Hall–Kier alpha value is -0.700. The highest BCUT2D eigenvalue weighted by Crippen LogP contribution is 2.22. The van der Waals surface area contributed by atoms with Gasteiger partial charge in [0.15, 0.2) is 5.13 Å². The fraction of sp³-hybridized carbons (Fsp3) is 0.769. The molecule has 1 saturated heterocycles. The van der Waals surface area contributed by atoms with E-state index in [4.69, 9.17) is 5.73 Å². The number of anilines is 1. The lowest BCUT2D eigenvalue weighted by Crippen LogP contribution is -2.50. The minimum Gasteiger partial charge on any atom is -0.375 e. The number of nitrogen functional groups attached to an aromatic ring is 1. The molecule has 0 amide bonds. The average molecular weight is 332 g/mol. The summed E-state index contributed by atoms with van der Waals surface area (Å²) in [5.74, 6) is 0.510. The monoisotopic (exact) mass is 332 g/mol. The predicted octanol–water partition coefficient (Wildman–Crippen LogP) is 1.27. The molecule has 1 aromatic rings. The maximum atomic E-state index is 11.9. The van der Waals surface area contributed by atoms with Crippen LogP contribution in [0.1, 0.15) is 31.6 Å². The Morgan fingerprint density at radius 3 is 2.90 bits per heavy atom. The summed E-state index contributed by atoms with van der Waals surface area (Å²) in [4.78, 5) is 7.56. The van der Waals surface area contributed by atoms with Crippen LogP contribution in [0, 0.1) is 5.92 Å². The molecule has 2 rings (SSSR count). The molecule has 8 heteroatoms. The van der Waals surface area contributed by atoms with Gasteiger partial charge in [0.25, 0.3) is 0 Å². The van der Waals surface area contributed by atoms with Gasteiger partial charge in [0.05, 0.1) is 5.75 Å². The van der Waals surface area contributed by atoms with Crippen LogP contribution in [-0.4, -0.2) is 43.2 Å². The molecule has 0 spiro atoms. The number of nitrogens with zero attached hydrogens (tertiary/aromatic N) is 2. The maximum Gasteiger partial charge on any atom is 0.211 e. The van der Waals surface area contributed by atoms with Crippen LogP contribution in [0.3, 0.4) is 0 Å². The Labute approximate surface area is 130 Å². The van der Waals surface area contributed by atoms with Crippen molar-refractivity contribution in [2.75, 3.05) is 24.6 Å². The van der Waals surface area contributed by atoms with Gasteiger partial charge in [-0.05, 0) is 18.8 Å². The number of rotatable bonds is 6. The number of sulfonamides is 1. The fourth-order valence-corrected chi connectivity index (χ4v) is 4.92. The van der Waals surface area contributed by atoms with E-state index in [9.17, 15) is 8.42 Å². The molecule has 120 valence electrons. The van der Waals surface area contributed by atoms with Gasteiger partial charge < -0.3 is 5.73 Å². The van der Waals surface area contributed by atoms with Gasteiger partial charge in [-0.15, -0.1) is 11.3 Å². The van der Waals surface area contributed by atoms with E-state index in [2.05, 4.69) is 21.5 Å². The molecule has 0 radical (unpaired) electrons. The number of piperidine rings is 1. The first kappa shape index (κ1) is 16.7. The molecule has 2 heterocycles. The average Bonchev–Trinajstić information content (AvgIpc) is 2.78. The number of nitrogens with two attached hydrogens (primary N) is 1. The van der Waals surface area contributed by atoms with Crippen molar-refractivity contribution in [1.29, 1.82) is 0 Å². The lowest BCUT2D eigenvalue weighted by atomic mass is 9.95. The minimum absolute atomic E-state index is 0.0457. The van der Waals surface area contributed by atoms with Crippen molar-refractivity contribution in [2.45, 2.75) is 39.3 Å². The molecule has 1 aliphatic heterocycles. The largest absolute Gasteiger partial charge is 0.375 e. The van der Waals surface area contributed by atoms with Crippen LogP contribution in [0.4, 0.5) is 5.13 Å². The van der Waals surface area contributed by atoms with Crippen molar-refractivity contribution in [1.82, 2.24) is 14.6 Å². The number of aromatic nitrogens is 1. The van der Waals surface area contributed by atoms with Gasteiger partial charge in [-0.2, -0.15) is 0 Å². The van der Waals surface area contributed by atoms with E-state index in [1.54, 1.807) is 0 Å². The first-order chi connectivity index (χ1) is 9.89. The summed E-state index contributed by atoms with van der Waals surface area (Å²) in [6, 6.07) is 0.0457. The summed E-state index contributed by atoms with van der Waals surface area (Å²) in [5, 5.41) is 0.597. The van der Waals surface area contributed by atoms with Crippen molar-refractivity contribution in [3.8, 4) is 0 Å². The molecular weight excluding hydrogens is 308 g/mol. The standard InChI is InChI=1S/C13H24N4O2S2/c1-3-6-21(18,19)16-12-4-5-17(8-10(12)2)9-11-7-15-13(14)20-11/h7,10,12,16H,3-6,8-9H2,1-2H3,(H2,14,15). The summed E-state index contributed by atoms with van der Waals surface area (Å²) in [6.45, 7) is 6.60. The van der Waals surface area contributed by atoms with Gasteiger partial charge in [-0.3, -0.25) is 4.90 Å². The molecule has 2 atom stereocenters. The second kappa shape index (κ2) is 7.04. The normalized spacial score (nSPS) is 24.3. The Morgan fingerprint density at radius 2 is 2.33 bits per heavy atom. The van der Waals surface area contributed by atoms with Gasteiger partial charge >= 0.3 is 0 Å². The van der Waals surface area contributed by atoms with Gasteiger partial charge in [-0.1, -0.05) is 13.8 Å². The second-order valence-corrected chi connectivity index (χ2v) is 8.73. The lowest BCUT2D eigenvalue weighted by molar-refractivity contribution is 0.152. The molecule has 0 bridgehead atoms. The third kappa shape index (κ3) is 4.91. The van der Waals surface area contributed by atoms with Crippen LogP contribution in [0.5, 0.6) is 0 Å². The zero-order chi connectivity index (χ0) is 15.5. The van der Waals surface area contributed by atoms with E-state index in [1.165, 1.54) is 11.3 Å². The van der Waals surface area contributed by atoms with Gasteiger partial charge in [0.2, 0.25) is 10.0 Å². The molecule has 3 N–H and O–H groups in total. The molecule has 2 unspecified atom stereocenters. The third-order valence-corrected chi connectivity index (χ3v) is 6.16. The number of hydrogen-bond acceptors (Lipinski definition) is 6.